The van der Waals surface area contributed by atoms with Gasteiger partial charge < -0.3 is 4.74 Å². The Hall–Kier alpha value is -3.15. The largest absolute Gasteiger partial charge is 0.496 e. The zero-order valence-electron chi connectivity index (χ0n) is 16.2. The van der Waals surface area contributed by atoms with Gasteiger partial charge in [0.15, 0.2) is 0 Å². The highest BCUT2D eigenvalue weighted by molar-refractivity contribution is 5.92. The normalized spacial score (nSPS) is 18.6. The third-order valence-electron chi connectivity index (χ3n) is 5.24. The number of amides is 1. The van der Waals surface area contributed by atoms with E-state index in [9.17, 15) is 4.79 Å². The molecule has 0 fully saturated rings. The van der Waals surface area contributed by atoms with Gasteiger partial charge in [-0.05, 0) is 24.5 Å². The topological polar surface area (TPSA) is 60.2 Å². The van der Waals surface area contributed by atoms with E-state index < -0.39 is 0 Å². The van der Waals surface area contributed by atoms with E-state index in [1.807, 2.05) is 52.9 Å². The Balaban J connectivity index is 1.85. The Morgan fingerprint density at radius 2 is 1.86 bits per heavy atom. The van der Waals surface area contributed by atoms with Gasteiger partial charge in [-0.1, -0.05) is 55.5 Å². The van der Waals surface area contributed by atoms with Gasteiger partial charge in [0.25, 0.3) is 0 Å². The number of carbonyl (C=O) groups excluding carboxylic acids is 1. The van der Waals surface area contributed by atoms with Crippen molar-refractivity contribution in [1.29, 1.82) is 0 Å². The highest BCUT2D eigenvalue weighted by Crippen LogP contribution is 2.44. The van der Waals surface area contributed by atoms with Crippen molar-refractivity contribution in [3.63, 3.8) is 0 Å². The van der Waals surface area contributed by atoms with Crippen LogP contribution in [0.5, 0.6) is 5.75 Å². The number of carbonyl (C=O) groups is 1. The summed E-state index contributed by atoms with van der Waals surface area (Å²) >= 11 is 0. The number of anilines is 1. The monoisotopic (exact) mass is 376 g/mol. The van der Waals surface area contributed by atoms with Gasteiger partial charge in [0.05, 0.1) is 19.2 Å². The standard InChI is InChI=1S/C22H24N4O2/c1-3-9-21(27)25-18(16-10-5-4-6-11-16)14-19(26-22(25)23-15-24-26)17-12-7-8-13-20(17)28-2/h4-8,10-13,15,18-19H,3,9,14H2,1-2H3/t18-,19-/m0/s1. The first-order chi connectivity index (χ1) is 13.7. The van der Waals surface area contributed by atoms with Gasteiger partial charge in [-0.2, -0.15) is 10.1 Å². The Bertz CT molecular complexity index is 954. The third-order valence-corrected chi connectivity index (χ3v) is 5.24. The number of ether oxygens (including phenoxy) is 1. The lowest BCUT2D eigenvalue weighted by molar-refractivity contribution is -0.119. The molecule has 3 aromatic rings. The molecule has 2 aromatic carbocycles. The van der Waals surface area contributed by atoms with Crippen molar-refractivity contribution < 1.29 is 9.53 Å². The van der Waals surface area contributed by atoms with Gasteiger partial charge >= 0.3 is 0 Å². The number of benzene rings is 2. The van der Waals surface area contributed by atoms with Crippen molar-refractivity contribution in [2.75, 3.05) is 12.0 Å². The molecule has 1 amide bonds. The van der Waals surface area contributed by atoms with Gasteiger partial charge in [-0.15, -0.1) is 0 Å². The molecule has 4 rings (SSSR count). The lowest BCUT2D eigenvalue weighted by Gasteiger charge is -2.39. The van der Waals surface area contributed by atoms with Crippen molar-refractivity contribution in [1.82, 2.24) is 14.8 Å². The highest BCUT2D eigenvalue weighted by Gasteiger charge is 2.39. The average Bonchev–Trinajstić information content (AvgIpc) is 3.23. The minimum absolute atomic E-state index is 0.0652. The molecule has 1 aliphatic rings. The van der Waals surface area contributed by atoms with Crippen molar-refractivity contribution in [2.45, 2.75) is 38.3 Å². The molecule has 0 unspecified atom stereocenters. The van der Waals surface area contributed by atoms with Crippen LogP contribution in [0.25, 0.3) is 0 Å². The van der Waals surface area contributed by atoms with Gasteiger partial charge in [-0.25, -0.2) is 4.68 Å². The SMILES string of the molecule is CCCC(=O)N1c2ncnn2[C@H](c2ccccc2OC)C[C@H]1c1ccccc1. The fourth-order valence-corrected chi connectivity index (χ4v) is 3.97. The highest BCUT2D eigenvalue weighted by atomic mass is 16.5. The summed E-state index contributed by atoms with van der Waals surface area (Å²) in [4.78, 5) is 19.3. The van der Waals surface area contributed by atoms with E-state index in [1.165, 1.54) is 6.33 Å². The van der Waals surface area contributed by atoms with Crippen molar-refractivity contribution in [3.05, 3.63) is 72.1 Å². The molecule has 144 valence electrons. The Labute approximate surface area is 164 Å². The summed E-state index contributed by atoms with van der Waals surface area (Å²) in [7, 11) is 1.68. The lowest BCUT2D eigenvalue weighted by atomic mass is 9.91. The second-order valence-electron chi connectivity index (χ2n) is 6.94. The second-order valence-corrected chi connectivity index (χ2v) is 6.94. The molecule has 6 nitrogen and oxygen atoms in total. The molecular formula is C22H24N4O2. The van der Waals surface area contributed by atoms with E-state index in [0.717, 1.165) is 23.3 Å². The molecule has 2 atom stereocenters. The maximum atomic E-state index is 13.0. The second kappa shape index (κ2) is 7.84. The zero-order valence-corrected chi connectivity index (χ0v) is 16.2. The molecule has 0 radical (unpaired) electrons. The predicted molar refractivity (Wildman–Crippen MR) is 107 cm³/mol. The molecule has 1 aliphatic heterocycles. The molecule has 0 bridgehead atoms. The lowest BCUT2D eigenvalue weighted by Crippen LogP contribution is -2.42. The van der Waals surface area contributed by atoms with Gasteiger partial charge in [-0.3, -0.25) is 9.69 Å². The summed E-state index contributed by atoms with van der Waals surface area (Å²) in [6.07, 6.45) is 3.50. The number of fused-ring (bicyclic) bond motifs is 1. The van der Waals surface area contributed by atoms with Crippen LogP contribution in [0.1, 0.15) is 49.4 Å². The molecule has 0 aliphatic carbocycles. The summed E-state index contributed by atoms with van der Waals surface area (Å²) < 4.78 is 7.45. The van der Waals surface area contributed by atoms with E-state index in [0.29, 0.717) is 18.8 Å². The summed E-state index contributed by atoms with van der Waals surface area (Å²) in [5.74, 6) is 1.48. The predicted octanol–water partition coefficient (Wildman–Crippen LogP) is 4.15. The summed E-state index contributed by atoms with van der Waals surface area (Å²) in [6, 6.07) is 18.0. The number of hydrogen-bond acceptors (Lipinski definition) is 4. The van der Waals surface area contributed by atoms with Crippen LogP contribution < -0.4 is 9.64 Å². The number of nitrogens with zero attached hydrogens (tertiary/aromatic N) is 4. The van der Waals surface area contributed by atoms with E-state index in [-0.39, 0.29) is 18.0 Å². The molecule has 28 heavy (non-hydrogen) atoms. The number of rotatable bonds is 5. The van der Waals surface area contributed by atoms with Crippen molar-refractivity contribution >= 4 is 11.9 Å². The van der Waals surface area contributed by atoms with Gasteiger partial charge in [0.1, 0.15) is 12.1 Å². The summed E-state index contributed by atoms with van der Waals surface area (Å²) in [6.45, 7) is 2.02. The maximum absolute atomic E-state index is 13.0. The molecule has 0 N–H and O–H groups in total. The van der Waals surface area contributed by atoms with Crippen LogP contribution in [0, 0.1) is 0 Å². The number of para-hydroxylation sites is 1. The van der Waals surface area contributed by atoms with Gasteiger partial charge in [0, 0.05) is 12.0 Å². The fraction of sp³-hybridized carbons (Fsp3) is 0.318. The van der Waals surface area contributed by atoms with E-state index in [1.54, 1.807) is 7.11 Å². The van der Waals surface area contributed by atoms with E-state index in [4.69, 9.17) is 4.74 Å². The minimum Gasteiger partial charge on any atom is -0.496 e. The number of methoxy groups -OCH3 is 1. The van der Waals surface area contributed by atoms with E-state index in [2.05, 4.69) is 28.3 Å². The van der Waals surface area contributed by atoms with Crippen molar-refractivity contribution in [2.24, 2.45) is 0 Å². The Kier molecular flexibility index (Phi) is 5.10. The molecule has 2 heterocycles. The minimum atomic E-state index is -0.105. The molecule has 6 heteroatoms. The smallest absolute Gasteiger partial charge is 0.231 e. The average molecular weight is 376 g/mol. The first-order valence-corrected chi connectivity index (χ1v) is 9.64. The molecule has 0 saturated carbocycles. The summed E-state index contributed by atoms with van der Waals surface area (Å²) in [5, 5.41) is 4.47. The van der Waals surface area contributed by atoms with Crippen LogP contribution in [-0.4, -0.2) is 27.8 Å². The number of aromatic nitrogens is 3. The molecular weight excluding hydrogens is 352 g/mol. The first kappa shape index (κ1) is 18.2. The van der Waals surface area contributed by atoms with Crippen LogP contribution in [0.2, 0.25) is 0 Å². The van der Waals surface area contributed by atoms with Crippen LogP contribution in [0.3, 0.4) is 0 Å². The molecule has 0 spiro atoms. The van der Waals surface area contributed by atoms with E-state index >= 15 is 0 Å². The van der Waals surface area contributed by atoms with Crippen molar-refractivity contribution in [3.8, 4) is 5.75 Å². The Morgan fingerprint density at radius 3 is 2.61 bits per heavy atom. The fourth-order valence-electron chi connectivity index (χ4n) is 3.97. The van der Waals surface area contributed by atoms with Crippen LogP contribution >= 0.6 is 0 Å². The molecule has 0 saturated heterocycles. The third kappa shape index (κ3) is 3.15. The quantitative estimate of drug-likeness (QED) is 0.671. The Morgan fingerprint density at radius 1 is 1.11 bits per heavy atom. The first-order valence-electron chi connectivity index (χ1n) is 9.64. The van der Waals surface area contributed by atoms with Crippen LogP contribution in [0.15, 0.2) is 60.9 Å². The van der Waals surface area contributed by atoms with Gasteiger partial charge in [0.2, 0.25) is 11.9 Å². The maximum Gasteiger partial charge on any atom is 0.231 e. The zero-order chi connectivity index (χ0) is 19.5. The summed E-state index contributed by atoms with van der Waals surface area (Å²) in [5.41, 5.74) is 2.14. The molecule has 1 aromatic heterocycles. The van der Waals surface area contributed by atoms with Crippen LogP contribution in [0.4, 0.5) is 5.95 Å². The number of hydrogen-bond donors (Lipinski definition) is 0. The van der Waals surface area contributed by atoms with Crippen LogP contribution in [-0.2, 0) is 4.79 Å².